The van der Waals surface area contributed by atoms with Crippen molar-refractivity contribution < 1.29 is 4.79 Å². The van der Waals surface area contributed by atoms with Crippen molar-refractivity contribution in [3.05, 3.63) is 120 Å². The summed E-state index contributed by atoms with van der Waals surface area (Å²) in [6.07, 6.45) is 0. The van der Waals surface area contributed by atoms with Crippen LogP contribution in [0.2, 0.25) is 0 Å². The number of hydrogen-bond donors (Lipinski definition) is 1. The summed E-state index contributed by atoms with van der Waals surface area (Å²) in [4.78, 5) is 14.1. The Kier molecular flexibility index (Phi) is 6.31. The van der Waals surface area contributed by atoms with Crippen LogP contribution in [-0.4, -0.2) is 5.91 Å². The molecule has 2 nitrogen and oxygen atoms in total. The van der Waals surface area contributed by atoms with E-state index >= 15 is 0 Å². The maximum atomic E-state index is 12.8. The minimum absolute atomic E-state index is 0.101. The molecule has 0 radical (unpaired) electrons. The van der Waals surface area contributed by atoms with Crippen LogP contribution in [0.5, 0.6) is 0 Å². The number of aryl methyl sites for hydroxylation is 1. The van der Waals surface area contributed by atoms with Gasteiger partial charge in [-0.25, -0.2) is 0 Å². The first-order valence-electron chi connectivity index (χ1n) is 9.93. The van der Waals surface area contributed by atoms with Gasteiger partial charge >= 0.3 is 0 Å². The molecule has 0 heterocycles. The highest BCUT2D eigenvalue weighted by atomic mass is 32.2. The first-order valence-corrected chi connectivity index (χ1v) is 10.9. The summed E-state index contributed by atoms with van der Waals surface area (Å²) in [6, 6.07) is 34.4. The van der Waals surface area contributed by atoms with E-state index in [0.717, 1.165) is 22.6 Å². The molecular formula is C27H23NOS. The molecule has 0 atom stereocenters. The number of nitrogens with one attached hydrogen (secondary N) is 1. The van der Waals surface area contributed by atoms with E-state index in [4.69, 9.17) is 0 Å². The van der Waals surface area contributed by atoms with Crippen molar-refractivity contribution in [2.75, 3.05) is 5.32 Å². The van der Waals surface area contributed by atoms with E-state index in [1.165, 1.54) is 16.0 Å². The summed E-state index contributed by atoms with van der Waals surface area (Å²) in [5.41, 5.74) is 6.02. The second kappa shape index (κ2) is 9.47. The van der Waals surface area contributed by atoms with Crippen LogP contribution in [0.25, 0.3) is 11.1 Å². The van der Waals surface area contributed by atoms with Crippen molar-refractivity contribution in [1.29, 1.82) is 0 Å². The van der Waals surface area contributed by atoms with E-state index in [0.29, 0.717) is 5.56 Å². The number of rotatable bonds is 6. The third-order valence-electron chi connectivity index (χ3n) is 4.90. The van der Waals surface area contributed by atoms with E-state index in [1.54, 1.807) is 11.8 Å². The lowest BCUT2D eigenvalue weighted by Crippen LogP contribution is -2.12. The van der Waals surface area contributed by atoms with Crippen LogP contribution >= 0.6 is 11.8 Å². The van der Waals surface area contributed by atoms with Crippen LogP contribution in [0, 0.1) is 6.92 Å². The van der Waals surface area contributed by atoms with Crippen molar-refractivity contribution in [1.82, 2.24) is 0 Å². The number of carbonyl (C=O) groups is 1. The van der Waals surface area contributed by atoms with E-state index in [-0.39, 0.29) is 5.91 Å². The zero-order valence-electron chi connectivity index (χ0n) is 16.8. The number of carbonyl (C=O) groups excluding carboxylic acids is 1. The van der Waals surface area contributed by atoms with Crippen molar-refractivity contribution >= 4 is 23.4 Å². The van der Waals surface area contributed by atoms with Gasteiger partial charge in [0.15, 0.2) is 0 Å². The smallest absolute Gasteiger partial charge is 0.255 e. The Morgan fingerprint density at radius 1 is 0.767 bits per heavy atom. The fourth-order valence-electron chi connectivity index (χ4n) is 3.21. The average Bonchev–Trinajstić information content (AvgIpc) is 2.80. The van der Waals surface area contributed by atoms with E-state index < -0.39 is 0 Å². The third kappa shape index (κ3) is 5.00. The standard InChI is InChI=1S/C27H23NOS/c1-20-11-17-24(18-12-20)30-19-21-13-15-23(16-14-21)27(29)28-26-10-6-5-9-25(26)22-7-3-2-4-8-22/h2-18H,19H2,1H3,(H,28,29). The van der Waals surface area contributed by atoms with Crippen LogP contribution in [0.1, 0.15) is 21.5 Å². The second-order valence-electron chi connectivity index (χ2n) is 7.16. The van der Waals surface area contributed by atoms with Gasteiger partial charge < -0.3 is 5.32 Å². The molecule has 0 saturated heterocycles. The summed E-state index contributed by atoms with van der Waals surface area (Å²) in [5, 5.41) is 3.06. The number of benzene rings is 4. The Morgan fingerprint density at radius 3 is 2.17 bits per heavy atom. The van der Waals surface area contributed by atoms with Gasteiger partial charge in [0, 0.05) is 27.5 Å². The van der Waals surface area contributed by atoms with Crippen molar-refractivity contribution in [2.24, 2.45) is 0 Å². The molecule has 0 bridgehead atoms. The molecule has 30 heavy (non-hydrogen) atoms. The van der Waals surface area contributed by atoms with Gasteiger partial charge in [0.25, 0.3) is 5.91 Å². The zero-order valence-corrected chi connectivity index (χ0v) is 17.7. The van der Waals surface area contributed by atoms with Crippen LogP contribution in [0.4, 0.5) is 5.69 Å². The highest BCUT2D eigenvalue weighted by Gasteiger charge is 2.10. The van der Waals surface area contributed by atoms with Crippen LogP contribution in [0.15, 0.2) is 108 Å². The molecule has 3 heteroatoms. The van der Waals surface area contributed by atoms with E-state index in [2.05, 4.69) is 36.5 Å². The van der Waals surface area contributed by atoms with Gasteiger partial charge in [-0.1, -0.05) is 78.4 Å². The van der Waals surface area contributed by atoms with Gasteiger partial charge in [-0.3, -0.25) is 4.79 Å². The molecule has 4 rings (SSSR count). The summed E-state index contributed by atoms with van der Waals surface area (Å²) in [6.45, 7) is 2.09. The average molecular weight is 410 g/mol. The minimum atomic E-state index is -0.101. The Morgan fingerprint density at radius 2 is 1.43 bits per heavy atom. The largest absolute Gasteiger partial charge is 0.321 e. The van der Waals surface area contributed by atoms with Gasteiger partial charge in [0.1, 0.15) is 0 Å². The fourth-order valence-corrected chi connectivity index (χ4v) is 4.06. The highest BCUT2D eigenvalue weighted by Crippen LogP contribution is 2.28. The lowest BCUT2D eigenvalue weighted by atomic mass is 10.0. The fraction of sp³-hybridized carbons (Fsp3) is 0.0741. The normalized spacial score (nSPS) is 10.6. The molecule has 4 aromatic carbocycles. The number of hydrogen-bond acceptors (Lipinski definition) is 2. The van der Waals surface area contributed by atoms with Crippen molar-refractivity contribution in [3.63, 3.8) is 0 Å². The van der Waals surface area contributed by atoms with Gasteiger partial charge in [-0.05, 0) is 48.4 Å². The molecule has 0 spiro atoms. The number of amides is 1. The first kappa shape index (κ1) is 20.0. The van der Waals surface area contributed by atoms with Crippen molar-refractivity contribution in [2.45, 2.75) is 17.6 Å². The first-order chi connectivity index (χ1) is 14.7. The van der Waals surface area contributed by atoms with Crippen LogP contribution < -0.4 is 5.32 Å². The maximum Gasteiger partial charge on any atom is 0.255 e. The van der Waals surface area contributed by atoms with Gasteiger partial charge in [0.2, 0.25) is 0 Å². The second-order valence-corrected chi connectivity index (χ2v) is 8.21. The molecule has 0 saturated carbocycles. The maximum absolute atomic E-state index is 12.8. The molecule has 0 aliphatic carbocycles. The molecule has 1 amide bonds. The monoisotopic (exact) mass is 409 g/mol. The summed E-state index contributed by atoms with van der Waals surface area (Å²) in [7, 11) is 0. The Hall–Kier alpha value is -3.30. The molecule has 4 aromatic rings. The topological polar surface area (TPSA) is 29.1 Å². The van der Waals surface area contributed by atoms with Gasteiger partial charge in [-0.15, -0.1) is 11.8 Å². The van der Waals surface area contributed by atoms with Gasteiger partial charge in [0.05, 0.1) is 0 Å². The molecule has 0 fully saturated rings. The summed E-state index contributed by atoms with van der Waals surface area (Å²) >= 11 is 1.80. The molecule has 1 N–H and O–H groups in total. The molecule has 0 aliphatic heterocycles. The Labute approximate surface area is 182 Å². The number of anilines is 1. The molecular weight excluding hydrogens is 386 g/mol. The highest BCUT2D eigenvalue weighted by molar-refractivity contribution is 7.98. The lowest BCUT2D eigenvalue weighted by Gasteiger charge is -2.12. The third-order valence-corrected chi connectivity index (χ3v) is 5.99. The number of thioether (sulfide) groups is 1. The SMILES string of the molecule is Cc1ccc(SCc2ccc(C(=O)Nc3ccccc3-c3ccccc3)cc2)cc1. The van der Waals surface area contributed by atoms with Crippen LogP contribution in [0.3, 0.4) is 0 Å². The summed E-state index contributed by atoms with van der Waals surface area (Å²) in [5.74, 6) is 0.776. The quantitative estimate of drug-likeness (QED) is 0.341. The Balaban J connectivity index is 1.43. The molecule has 0 aromatic heterocycles. The van der Waals surface area contributed by atoms with Gasteiger partial charge in [-0.2, -0.15) is 0 Å². The van der Waals surface area contributed by atoms with Crippen LogP contribution in [-0.2, 0) is 5.75 Å². The molecule has 0 aliphatic rings. The molecule has 148 valence electrons. The number of para-hydroxylation sites is 1. The predicted molar refractivity (Wildman–Crippen MR) is 127 cm³/mol. The lowest BCUT2D eigenvalue weighted by molar-refractivity contribution is 0.102. The van der Waals surface area contributed by atoms with E-state index in [1.807, 2.05) is 78.9 Å². The Bertz CT molecular complexity index is 1120. The van der Waals surface area contributed by atoms with Crippen molar-refractivity contribution in [3.8, 4) is 11.1 Å². The minimum Gasteiger partial charge on any atom is -0.321 e. The van der Waals surface area contributed by atoms with E-state index in [9.17, 15) is 4.79 Å². The molecule has 0 unspecified atom stereocenters. The predicted octanol–water partition coefficient (Wildman–Crippen LogP) is 7.21. The summed E-state index contributed by atoms with van der Waals surface area (Å²) < 4.78 is 0. The zero-order chi connectivity index (χ0) is 20.8.